The molecule has 0 aliphatic carbocycles. The molecule has 11 nitrogen and oxygen atoms in total. The van der Waals surface area contributed by atoms with Gasteiger partial charge in [-0.15, -0.1) is 11.3 Å². The predicted molar refractivity (Wildman–Crippen MR) is 209 cm³/mol. The Morgan fingerprint density at radius 2 is 1.67 bits per heavy atom. The maximum Gasteiger partial charge on any atom is 0.227 e. The molecule has 0 radical (unpaired) electrons. The number of halogens is 2. The van der Waals surface area contributed by atoms with Crippen molar-refractivity contribution in [3.63, 3.8) is 0 Å². The fraction of sp³-hybridized carbons (Fsp3) is 0.342. The zero-order valence-electron chi connectivity index (χ0n) is 30.5. The summed E-state index contributed by atoms with van der Waals surface area (Å²) in [6, 6.07) is 15.5. The van der Waals surface area contributed by atoms with Crippen LogP contribution in [0.5, 0.6) is 5.75 Å². The molecule has 1 saturated heterocycles. The highest BCUT2D eigenvalue weighted by molar-refractivity contribution is 7.91. The number of piperazine rings is 1. The largest absolute Gasteiger partial charge is 0.494 e. The number of benzene rings is 3. The van der Waals surface area contributed by atoms with Crippen molar-refractivity contribution in [2.24, 2.45) is 0 Å². The standard InChI is InChI=1S/C38H42F2N6O5S3/c1-5-8-34-44-35(27-10-6-9-26(22-27)24-54(49,50)37-28(39)11-7-12-29(37)40)36(52-34)30-13-14-41-38(42-30)43-31-21-25(2)32(23-33(31)51-3)46-17-15-45(16-18-46)19-20-53(4,47)48/h6-7,9-14,21-23H,5,8,15-20,24H2,1-4H3,(H,41,42,43). The molecule has 3 heterocycles. The molecule has 0 spiro atoms. The van der Waals surface area contributed by atoms with E-state index in [0.717, 1.165) is 78.4 Å². The van der Waals surface area contributed by atoms with Crippen LogP contribution < -0.4 is 15.0 Å². The van der Waals surface area contributed by atoms with Crippen LogP contribution in [0.4, 0.5) is 26.1 Å². The van der Waals surface area contributed by atoms with Gasteiger partial charge >= 0.3 is 0 Å². The number of thiazole rings is 1. The van der Waals surface area contributed by atoms with Crippen LogP contribution in [0.25, 0.3) is 21.8 Å². The Bertz CT molecular complexity index is 2340. The lowest BCUT2D eigenvalue weighted by molar-refractivity contribution is 0.272. The first-order valence-electron chi connectivity index (χ1n) is 17.4. The van der Waals surface area contributed by atoms with E-state index in [4.69, 9.17) is 14.7 Å². The van der Waals surface area contributed by atoms with Gasteiger partial charge in [0.05, 0.1) is 45.6 Å². The van der Waals surface area contributed by atoms with E-state index in [1.165, 1.54) is 17.6 Å². The Balaban J connectivity index is 1.25. The van der Waals surface area contributed by atoms with Crippen LogP contribution in [0.2, 0.25) is 0 Å². The molecule has 6 rings (SSSR count). The average Bonchev–Trinajstić information content (AvgIpc) is 3.55. The molecule has 54 heavy (non-hydrogen) atoms. The number of aromatic nitrogens is 3. The minimum Gasteiger partial charge on any atom is -0.494 e. The van der Waals surface area contributed by atoms with Gasteiger partial charge in [-0.2, -0.15) is 0 Å². The van der Waals surface area contributed by atoms with Gasteiger partial charge in [-0.25, -0.2) is 40.6 Å². The Kier molecular flexibility index (Phi) is 12.0. The van der Waals surface area contributed by atoms with Gasteiger partial charge in [-0.05, 0) is 61.2 Å². The summed E-state index contributed by atoms with van der Waals surface area (Å²) >= 11 is 1.49. The van der Waals surface area contributed by atoms with Crippen LogP contribution in [-0.2, 0) is 31.8 Å². The van der Waals surface area contributed by atoms with Crippen molar-refractivity contribution in [3.8, 4) is 27.6 Å². The molecular formula is C38H42F2N6O5S3. The molecular weight excluding hydrogens is 755 g/mol. The number of anilines is 3. The van der Waals surface area contributed by atoms with E-state index in [9.17, 15) is 25.6 Å². The summed E-state index contributed by atoms with van der Waals surface area (Å²) in [6.45, 7) is 7.64. The summed E-state index contributed by atoms with van der Waals surface area (Å²) in [7, 11) is -5.75. The minimum atomic E-state index is -4.33. The quantitative estimate of drug-likeness (QED) is 0.129. The maximum absolute atomic E-state index is 14.4. The third-order valence-electron chi connectivity index (χ3n) is 9.07. The fourth-order valence-electron chi connectivity index (χ4n) is 6.39. The highest BCUT2D eigenvalue weighted by Crippen LogP contribution is 2.39. The molecule has 0 unspecified atom stereocenters. The molecule has 16 heteroatoms. The summed E-state index contributed by atoms with van der Waals surface area (Å²) in [4.78, 5) is 18.5. The third-order valence-corrected chi connectivity index (χ3v) is 12.9. The molecule has 5 aromatic rings. The number of hydrogen-bond acceptors (Lipinski definition) is 12. The highest BCUT2D eigenvalue weighted by atomic mass is 32.2. The number of aryl methyl sites for hydroxylation is 2. The molecule has 0 bridgehead atoms. The van der Waals surface area contributed by atoms with Crippen LogP contribution in [0.3, 0.4) is 0 Å². The molecule has 0 atom stereocenters. The van der Waals surface area contributed by atoms with Crippen LogP contribution >= 0.6 is 11.3 Å². The van der Waals surface area contributed by atoms with E-state index in [1.807, 2.05) is 25.1 Å². The van der Waals surface area contributed by atoms with Crippen molar-refractivity contribution in [3.05, 3.63) is 94.6 Å². The van der Waals surface area contributed by atoms with E-state index < -0.39 is 42.0 Å². The molecule has 3 aromatic carbocycles. The van der Waals surface area contributed by atoms with Crippen LogP contribution in [0.1, 0.15) is 29.5 Å². The second-order valence-corrected chi connectivity index (χ2v) is 18.5. The van der Waals surface area contributed by atoms with Crippen LogP contribution in [0.15, 0.2) is 71.8 Å². The van der Waals surface area contributed by atoms with Gasteiger partial charge < -0.3 is 15.0 Å². The fourth-order valence-corrected chi connectivity index (χ4v) is 9.63. The Hall–Kier alpha value is -4.51. The molecule has 1 N–H and O–H groups in total. The van der Waals surface area contributed by atoms with Gasteiger partial charge in [-0.1, -0.05) is 31.2 Å². The molecule has 0 saturated carbocycles. The first-order valence-corrected chi connectivity index (χ1v) is 22.0. The Labute approximate surface area is 318 Å². The van der Waals surface area contributed by atoms with Crippen LogP contribution in [-0.4, -0.2) is 88.5 Å². The molecule has 286 valence electrons. The molecule has 1 aliphatic rings. The lowest BCUT2D eigenvalue weighted by Crippen LogP contribution is -2.47. The van der Waals surface area contributed by atoms with E-state index in [0.29, 0.717) is 46.4 Å². The normalized spacial score (nSPS) is 14.0. The van der Waals surface area contributed by atoms with Gasteiger partial charge in [-0.3, -0.25) is 4.90 Å². The third kappa shape index (κ3) is 9.22. The molecule has 2 aromatic heterocycles. The number of methoxy groups -OCH3 is 1. The first-order chi connectivity index (χ1) is 25.7. The van der Waals surface area contributed by atoms with Gasteiger partial charge in [0.25, 0.3) is 0 Å². The topological polar surface area (TPSA) is 135 Å². The summed E-state index contributed by atoms with van der Waals surface area (Å²) in [6.07, 6.45) is 4.51. The van der Waals surface area contributed by atoms with Gasteiger partial charge in [0.2, 0.25) is 5.95 Å². The van der Waals surface area contributed by atoms with E-state index in [1.54, 1.807) is 37.6 Å². The van der Waals surface area contributed by atoms with Gasteiger partial charge in [0.1, 0.15) is 32.1 Å². The minimum absolute atomic E-state index is 0.148. The smallest absolute Gasteiger partial charge is 0.227 e. The van der Waals surface area contributed by atoms with Crippen molar-refractivity contribution in [2.75, 3.05) is 62.1 Å². The first kappa shape index (κ1) is 39.2. The number of ether oxygens (including phenoxy) is 1. The molecule has 1 fully saturated rings. The van der Waals surface area contributed by atoms with Crippen molar-refractivity contribution < 1.29 is 30.4 Å². The SMILES string of the molecule is CCCc1nc(-c2cccc(CS(=O)(=O)c3c(F)cccc3F)c2)c(-c2ccnc(Nc3cc(C)c(N4CCN(CCS(C)(=O)=O)CC4)cc3OC)n2)s1. The van der Waals surface area contributed by atoms with E-state index in [2.05, 4.69) is 27.0 Å². The van der Waals surface area contributed by atoms with Crippen molar-refractivity contribution in [1.82, 2.24) is 19.9 Å². The number of sulfone groups is 2. The van der Waals surface area contributed by atoms with Crippen LogP contribution in [0, 0.1) is 18.6 Å². The van der Waals surface area contributed by atoms with Crippen molar-refractivity contribution in [1.29, 1.82) is 0 Å². The van der Waals surface area contributed by atoms with E-state index >= 15 is 0 Å². The molecule has 0 amide bonds. The lowest BCUT2D eigenvalue weighted by atomic mass is 10.1. The number of hydrogen-bond donors (Lipinski definition) is 1. The monoisotopic (exact) mass is 796 g/mol. The van der Waals surface area contributed by atoms with Crippen molar-refractivity contribution in [2.45, 2.75) is 37.3 Å². The zero-order chi connectivity index (χ0) is 38.6. The summed E-state index contributed by atoms with van der Waals surface area (Å²) in [5, 5.41) is 4.20. The predicted octanol–water partition coefficient (Wildman–Crippen LogP) is 6.70. The average molecular weight is 797 g/mol. The second kappa shape index (κ2) is 16.5. The van der Waals surface area contributed by atoms with Gasteiger partial charge in [0.15, 0.2) is 9.84 Å². The highest BCUT2D eigenvalue weighted by Gasteiger charge is 2.26. The summed E-state index contributed by atoms with van der Waals surface area (Å²) in [5.74, 6) is -1.77. The maximum atomic E-state index is 14.4. The summed E-state index contributed by atoms with van der Waals surface area (Å²) < 4.78 is 84.2. The summed E-state index contributed by atoms with van der Waals surface area (Å²) in [5.41, 5.74) is 4.94. The lowest BCUT2D eigenvalue weighted by Gasteiger charge is -2.37. The number of nitrogens with zero attached hydrogens (tertiary/aromatic N) is 5. The van der Waals surface area contributed by atoms with E-state index in [-0.39, 0.29) is 5.75 Å². The number of nitrogens with one attached hydrogen (secondary N) is 1. The molecule has 1 aliphatic heterocycles. The zero-order valence-corrected chi connectivity index (χ0v) is 32.9. The Morgan fingerprint density at radius 3 is 2.35 bits per heavy atom. The Morgan fingerprint density at radius 1 is 0.944 bits per heavy atom. The van der Waals surface area contributed by atoms with Crippen molar-refractivity contribution >= 4 is 48.3 Å². The van der Waals surface area contributed by atoms with Gasteiger partial charge in [0, 0.05) is 62.5 Å². The number of rotatable bonds is 14. The second-order valence-electron chi connectivity index (χ2n) is 13.2.